The van der Waals surface area contributed by atoms with E-state index < -0.39 is 0 Å². The third-order valence-corrected chi connectivity index (χ3v) is 5.92. The van der Waals surface area contributed by atoms with E-state index in [0.717, 1.165) is 10.5 Å². The summed E-state index contributed by atoms with van der Waals surface area (Å²) in [4.78, 5) is 30.3. The van der Waals surface area contributed by atoms with Gasteiger partial charge in [-0.2, -0.15) is 4.98 Å². The predicted octanol–water partition coefficient (Wildman–Crippen LogP) is 3.25. The van der Waals surface area contributed by atoms with E-state index in [1.165, 1.54) is 11.8 Å². The summed E-state index contributed by atoms with van der Waals surface area (Å²) < 4.78 is 1.78. The molecule has 130 valence electrons. The highest BCUT2D eigenvalue weighted by Crippen LogP contribution is 2.36. The third kappa shape index (κ3) is 3.52. The highest BCUT2D eigenvalue weighted by atomic mass is 32.2. The van der Waals surface area contributed by atoms with Gasteiger partial charge in [-0.25, -0.2) is 0 Å². The highest BCUT2D eigenvalue weighted by molar-refractivity contribution is 7.99. The molecule has 0 aliphatic carbocycles. The van der Waals surface area contributed by atoms with Crippen molar-refractivity contribution in [3.05, 3.63) is 58.4 Å². The molecule has 1 aromatic carbocycles. The molecule has 0 fully saturated rings. The second-order valence-electron chi connectivity index (χ2n) is 5.70. The van der Waals surface area contributed by atoms with Crippen molar-refractivity contribution in [2.24, 2.45) is 7.05 Å². The number of aromatic nitrogens is 2. The Morgan fingerprint density at radius 1 is 1.36 bits per heavy atom. The number of carbonyl (C=O) groups is 1. The summed E-state index contributed by atoms with van der Waals surface area (Å²) >= 11 is 3.07. The number of nitrogens with one attached hydrogen (secondary N) is 1. The Morgan fingerprint density at radius 2 is 2.08 bits per heavy atom. The van der Waals surface area contributed by atoms with Crippen molar-refractivity contribution in [2.45, 2.75) is 22.4 Å². The summed E-state index contributed by atoms with van der Waals surface area (Å²) in [7, 11) is 1.82. The summed E-state index contributed by atoms with van der Waals surface area (Å²) in [6.07, 6.45) is 4.02. The van der Waals surface area contributed by atoms with Gasteiger partial charge in [0.15, 0.2) is 5.16 Å². The molecule has 0 bridgehead atoms. The Bertz CT molecular complexity index is 875. The molecule has 0 unspecified atom stereocenters. The quantitative estimate of drug-likeness (QED) is 0.495. The molecule has 1 amide bonds. The van der Waals surface area contributed by atoms with Crippen molar-refractivity contribution < 1.29 is 4.79 Å². The number of hydrogen-bond donors (Lipinski definition) is 1. The lowest BCUT2D eigenvalue weighted by molar-refractivity contribution is -0.116. The predicted molar refractivity (Wildman–Crippen MR) is 104 cm³/mol. The number of carbonyl (C=O) groups excluding carboxylic acids is 1. The van der Waals surface area contributed by atoms with Crippen molar-refractivity contribution in [3.8, 4) is 0 Å². The van der Waals surface area contributed by atoms with E-state index in [0.29, 0.717) is 22.3 Å². The van der Waals surface area contributed by atoms with Crippen LogP contribution in [0, 0.1) is 0 Å². The van der Waals surface area contributed by atoms with Crippen LogP contribution in [0.4, 0.5) is 5.82 Å². The molecule has 25 heavy (non-hydrogen) atoms. The molecule has 0 radical (unpaired) electrons. The topological polar surface area (TPSA) is 64.0 Å². The molecule has 2 heterocycles. The Kier molecular flexibility index (Phi) is 5.34. The van der Waals surface area contributed by atoms with Crippen molar-refractivity contribution in [1.82, 2.24) is 9.55 Å². The van der Waals surface area contributed by atoms with Crippen LogP contribution in [0.25, 0.3) is 0 Å². The van der Waals surface area contributed by atoms with Crippen LogP contribution < -0.4 is 10.9 Å². The van der Waals surface area contributed by atoms with Gasteiger partial charge in [0.05, 0.1) is 5.56 Å². The first-order valence-corrected chi connectivity index (χ1v) is 10.0. The maximum absolute atomic E-state index is 12.7. The Balaban J connectivity index is 2.10. The van der Waals surface area contributed by atoms with Crippen LogP contribution in [0.3, 0.4) is 0 Å². The zero-order valence-corrected chi connectivity index (χ0v) is 15.7. The average Bonchev–Trinajstić information content (AvgIpc) is 2.62. The molecule has 0 spiro atoms. The number of nitrogens with zero attached hydrogens (tertiary/aromatic N) is 2. The fraction of sp³-hybridized carbons (Fsp3) is 0.278. The fourth-order valence-corrected chi connectivity index (χ4v) is 4.03. The monoisotopic (exact) mass is 373 g/mol. The normalized spacial score (nSPS) is 16.2. The number of hydrogen-bond acceptors (Lipinski definition) is 5. The van der Waals surface area contributed by atoms with Crippen molar-refractivity contribution >= 4 is 35.2 Å². The zero-order valence-electron chi connectivity index (χ0n) is 14.1. The van der Waals surface area contributed by atoms with Gasteiger partial charge >= 0.3 is 0 Å². The van der Waals surface area contributed by atoms with Crippen LogP contribution in [0.5, 0.6) is 0 Å². The van der Waals surface area contributed by atoms with Crippen LogP contribution in [-0.4, -0.2) is 27.5 Å². The zero-order chi connectivity index (χ0) is 18.0. The molecule has 1 atom stereocenters. The van der Waals surface area contributed by atoms with E-state index in [2.05, 4.69) is 16.9 Å². The maximum Gasteiger partial charge on any atom is 0.279 e. The molecule has 1 aliphatic rings. The van der Waals surface area contributed by atoms with E-state index in [1.807, 2.05) is 37.6 Å². The van der Waals surface area contributed by atoms with Gasteiger partial charge in [0, 0.05) is 30.0 Å². The number of anilines is 1. The molecule has 2 aromatic rings. The second kappa shape index (κ2) is 7.49. The lowest BCUT2D eigenvalue weighted by atomic mass is 9.87. The Morgan fingerprint density at radius 3 is 2.72 bits per heavy atom. The Labute approximate surface area is 154 Å². The molecule has 1 N–H and O–H groups in total. The minimum Gasteiger partial charge on any atom is -0.312 e. The standard InChI is InChI=1S/C18H19N3O2S2/c1-4-9-25-18-20-17(23)15-13(10-14(22)19-16(15)21(18)2)11-5-7-12(24-3)8-6-11/h4-8,13H,1,9-10H2,2-3H3,(H,19,22)/t13-/m0/s1. The minimum atomic E-state index is -0.279. The van der Waals surface area contributed by atoms with Crippen LogP contribution in [0.1, 0.15) is 23.5 Å². The average molecular weight is 374 g/mol. The van der Waals surface area contributed by atoms with Crippen molar-refractivity contribution in [2.75, 3.05) is 17.3 Å². The van der Waals surface area contributed by atoms with Gasteiger partial charge in [-0.05, 0) is 24.0 Å². The summed E-state index contributed by atoms with van der Waals surface area (Å²) in [6, 6.07) is 7.99. The van der Waals surface area contributed by atoms with Gasteiger partial charge < -0.3 is 9.88 Å². The van der Waals surface area contributed by atoms with Gasteiger partial charge in [0.25, 0.3) is 5.56 Å². The molecule has 0 saturated heterocycles. The van der Waals surface area contributed by atoms with Gasteiger partial charge in [-0.1, -0.05) is 30.0 Å². The summed E-state index contributed by atoms with van der Waals surface area (Å²) in [5.74, 6) is 0.824. The molecular formula is C18H19N3O2S2. The summed E-state index contributed by atoms with van der Waals surface area (Å²) in [5.41, 5.74) is 1.24. The third-order valence-electron chi connectivity index (χ3n) is 4.15. The van der Waals surface area contributed by atoms with Gasteiger partial charge in [-0.3, -0.25) is 9.59 Å². The van der Waals surface area contributed by atoms with Crippen LogP contribution in [-0.2, 0) is 11.8 Å². The van der Waals surface area contributed by atoms with Gasteiger partial charge in [0.1, 0.15) is 5.82 Å². The first-order valence-electron chi connectivity index (χ1n) is 7.83. The smallest absolute Gasteiger partial charge is 0.279 e. The van der Waals surface area contributed by atoms with Gasteiger partial charge in [-0.15, -0.1) is 18.3 Å². The number of rotatable bonds is 5. The summed E-state index contributed by atoms with van der Waals surface area (Å²) in [5, 5.41) is 3.42. The second-order valence-corrected chi connectivity index (χ2v) is 7.57. The van der Waals surface area contributed by atoms with Crippen LogP contribution in [0.2, 0.25) is 0 Å². The van der Waals surface area contributed by atoms with E-state index in [1.54, 1.807) is 22.4 Å². The molecule has 0 saturated carbocycles. The highest BCUT2D eigenvalue weighted by Gasteiger charge is 2.31. The molecule has 5 nitrogen and oxygen atoms in total. The largest absolute Gasteiger partial charge is 0.312 e. The van der Waals surface area contributed by atoms with E-state index in [-0.39, 0.29) is 23.8 Å². The number of amides is 1. The Hall–Kier alpha value is -1.99. The minimum absolute atomic E-state index is 0.0905. The lowest BCUT2D eigenvalue weighted by Gasteiger charge is -2.27. The molecule has 1 aromatic heterocycles. The molecule has 7 heteroatoms. The maximum atomic E-state index is 12.7. The van der Waals surface area contributed by atoms with E-state index in [9.17, 15) is 9.59 Å². The molecule has 3 rings (SSSR count). The van der Waals surface area contributed by atoms with E-state index in [4.69, 9.17) is 0 Å². The van der Waals surface area contributed by atoms with Crippen LogP contribution >= 0.6 is 23.5 Å². The molecule has 1 aliphatic heterocycles. The number of thioether (sulfide) groups is 2. The fourth-order valence-electron chi connectivity index (χ4n) is 2.92. The van der Waals surface area contributed by atoms with Crippen LogP contribution in [0.15, 0.2) is 51.8 Å². The van der Waals surface area contributed by atoms with Crippen molar-refractivity contribution in [1.29, 1.82) is 0 Å². The lowest BCUT2D eigenvalue weighted by Crippen LogP contribution is -2.33. The van der Waals surface area contributed by atoms with E-state index >= 15 is 0 Å². The van der Waals surface area contributed by atoms with Gasteiger partial charge in [0.2, 0.25) is 5.91 Å². The SMILES string of the molecule is C=CCSc1nc(=O)c2c(n1C)NC(=O)C[C@H]2c1ccc(SC)cc1. The number of fused-ring (bicyclic) bond motifs is 1. The van der Waals surface area contributed by atoms with Crippen molar-refractivity contribution in [3.63, 3.8) is 0 Å². The number of benzene rings is 1. The summed E-state index contributed by atoms with van der Waals surface area (Å²) in [6.45, 7) is 3.69. The molecular weight excluding hydrogens is 354 g/mol. The first-order chi connectivity index (χ1) is 12.0. The first kappa shape index (κ1) is 17.8.